The molecular weight excluding hydrogens is 266 g/mol. The minimum atomic E-state index is 0.328. The Balaban J connectivity index is 1.81. The molecule has 1 aliphatic heterocycles. The molecule has 1 saturated heterocycles. The fourth-order valence-corrected chi connectivity index (χ4v) is 4.50. The summed E-state index contributed by atoms with van der Waals surface area (Å²) >= 11 is 4.07. The van der Waals surface area contributed by atoms with Crippen LogP contribution in [-0.2, 0) is 6.54 Å². The minimum absolute atomic E-state index is 0.328. The average Bonchev–Trinajstić information content (AvgIpc) is 2.42. The maximum absolute atomic E-state index is 9.76. The summed E-state index contributed by atoms with van der Waals surface area (Å²) in [6, 6.07) is 5.33. The fraction of sp³-hybridized carbons (Fsp3) is 0.538. The quantitative estimate of drug-likeness (QED) is 0.869. The number of phenolic OH excluding ortho intramolecular Hbond substituents is 1. The molecule has 0 amide bonds. The predicted octanol–water partition coefficient (Wildman–Crippen LogP) is 2.34. The second kappa shape index (κ2) is 7.16. The van der Waals surface area contributed by atoms with E-state index in [1.54, 1.807) is 19.2 Å². The summed E-state index contributed by atoms with van der Waals surface area (Å²) in [7, 11) is 1.64. The van der Waals surface area contributed by atoms with E-state index in [0.717, 1.165) is 17.9 Å². The van der Waals surface area contributed by atoms with E-state index < -0.39 is 0 Å². The summed E-state index contributed by atoms with van der Waals surface area (Å²) in [4.78, 5) is 0. The third-order valence-corrected chi connectivity index (χ3v) is 5.70. The van der Waals surface area contributed by atoms with Gasteiger partial charge in [-0.2, -0.15) is 23.5 Å². The monoisotopic (exact) mass is 285 g/mol. The van der Waals surface area contributed by atoms with Gasteiger partial charge in [-0.3, -0.25) is 0 Å². The van der Waals surface area contributed by atoms with Crippen LogP contribution >= 0.6 is 23.5 Å². The Morgan fingerprint density at radius 2 is 2.33 bits per heavy atom. The number of rotatable bonds is 5. The molecule has 0 spiro atoms. The molecule has 18 heavy (non-hydrogen) atoms. The topological polar surface area (TPSA) is 41.5 Å². The van der Waals surface area contributed by atoms with E-state index in [-0.39, 0.29) is 0 Å². The van der Waals surface area contributed by atoms with Crippen molar-refractivity contribution < 1.29 is 9.84 Å². The standard InChI is InChI=1S/C13H19NO2S2/c1-16-11-2-3-13(15)10(6-11)7-14-8-12-9-17-4-5-18-12/h2-3,6,12,14-15H,4-5,7-9H2,1H3. The number of methoxy groups -OCH3 is 1. The molecule has 5 heteroatoms. The number of thioether (sulfide) groups is 2. The van der Waals surface area contributed by atoms with Crippen LogP contribution in [-0.4, -0.2) is 41.3 Å². The van der Waals surface area contributed by atoms with E-state index in [1.165, 1.54) is 17.3 Å². The van der Waals surface area contributed by atoms with Crippen LogP contribution < -0.4 is 10.1 Å². The second-order valence-electron chi connectivity index (χ2n) is 4.19. The Kier molecular flexibility index (Phi) is 5.53. The lowest BCUT2D eigenvalue weighted by Crippen LogP contribution is -2.28. The van der Waals surface area contributed by atoms with Gasteiger partial charge in [0.25, 0.3) is 0 Å². The molecule has 100 valence electrons. The third kappa shape index (κ3) is 4.00. The van der Waals surface area contributed by atoms with Crippen LogP contribution in [0.4, 0.5) is 0 Å². The highest BCUT2D eigenvalue weighted by atomic mass is 32.2. The minimum Gasteiger partial charge on any atom is -0.508 e. The first-order chi connectivity index (χ1) is 8.79. The molecule has 1 aromatic rings. The van der Waals surface area contributed by atoms with Crippen molar-refractivity contribution in [2.24, 2.45) is 0 Å². The van der Waals surface area contributed by atoms with Crippen molar-refractivity contribution in [2.45, 2.75) is 11.8 Å². The largest absolute Gasteiger partial charge is 0.508 e. The normalized spacial score (nSPS) is 19.7. The number of nitrogens with one attached hydrogen (secondary N) is 1. The zero-order valence-corrected chi connectivity index (χ0v) is 12.1. The van der Waals surface area contributed by atoms with E-state index in [1.807, 2.05) is 29.6 Å². The zero-order chi connectivity index (χ0) is 12.8. The molecule has 1 heterocycles. The number of ether oxygens (including phenoxy) is 1. The summed E-state index contributed by atoms with van der Waals surface area (Å²) in [5.41, 5.74) is 0.891. The Labute approximate surface area is 117 Å². The lowest BCUT2D eigenvalue weighted by atomic mass is 10.2. The summed E-state index contributed by atoms with van der Waals surface area (Å²) in [5.74, 6) is 4.86. The van der Waals surface area contributed by atoms with Crippen molar-refractivity contribution in [1.82, 2.24) is 5.32 Å². The molecular formula is C13H19NO2S2. The molecule has 1 fully saturated rings. The first kappa shape index (κ1) is 13.9. The first-order valence-corrected chi connectivity index (χ1v) is 8.26. The second-order valence-corrected chi connectivity index (χ2v) is 6.75. The number of aromatic hydroxyl groups is 1. The van der Waals surface area contributed by atoms with Crippen LogP contribution in [0.1, 0.15) is 5.56 Å². The number of phenols is 1. The van der Waals surface area contributed by atoms with E-state index >= 15 is 0 Å². The Bertz CT molecular complexity index is 381. The van der Waals surface area contributed by atoms with E-state index in [4.69, 9.17) is 4.74 Å². The van der Waals surface area contributed by atoms with Gasteiger partial charge in [-0.15, -0.1) is 0 Å². The van der Waals surface area contributed by atoms with Crippen molar-refractivity contribution >= 4 is 23.5 Å². The molecule has 2 rings (SSSR count). The molecule has 0 aliphatic carbocycles. The molecule has 2 N–H and O–H groups in total. The zero-order valence-electron chi connectivity index (χ0n) is 10.5. The van der Waals surface area contributed by atoms with E-state index in [2.05, 4.69) is 5.32 Å². The SMILES string of the molecule is COc1ccc(O)c(CNCC2CSCCS2)c1. The van der Waals surface area contributed by atoms with Gasteiger partial charge in [0.2, 0.25) is 0 Å². The molecule has 0 aromatic heterocycles. The summed E-state index contributed by atoms with van der Waals surface area (Å²) in [5, 5.41) is 13.9. The number of benzene rings is 1. The van der Waals surface area contributed by atoms with Crippen LogP contribution in [0.15, 0.2) is 18.2 Å². The van der Waals surface area contributed by atoms with Gasteiger partial charge in [-0.25, -0.2) is 0 Å². The van der Waals surface area contributed by atoms with Gasteiger partial charge in [-0.05, 0) is 18.2 Å². The van der Waals surface area contributed by atoms with Crippen molar-refractivity contribution in [3.8, 4) is 11.5 Å². The molecule has 0 saturated carbocycles. The first-order valence-electron chi connectivity index (χ1n) is 6.05. The van der Waals surface area contributed by atoms with Crippen LogP contribution in [0.5, 0.6) is 11.5 Å². The van der Waals surface area contributed by atoms with Crippen molar-refractivity contribution in [1.29, 1.82) is 0 Å². The Morgan fingerprint density at radius 3 is 3.06 bits per heavy atom. The lowest BCUT2D eigenvalue weighted by molar-refractivity contribution is 0.410. The number of hydrogen-bond donors (Lipinski definition) is 2. The highest BCUT2D eigenvalue weighted by Gasteiger charge is 2.13. The van der Waals surface area contributed by atoms with Gasteiger partial charge in [0.05, 0.1) is 7.11 Å². The molecule has 3 nitrogen and oxygen atoms in total. The lowest BCUT2D eigenvalue weighted by Gasteiger charge is -2.21. The maximum Gasteiger partial charge on any atom is 0.120 e. The van der Waals surface area contributed by atoms with Crippen molar-refractivity contribution in [3.63, 3.8) is 0 Å². The maximum atomic E-state index is 9.76. The third-order valence-electron chi connectivity index (χ3n) is 2.86. The number of hydrogen-bond acceptors (Lipinski definition) is 5. The van der Waals surface area contributed by atoms with Crippen LogP contribution in [0.3, 0.4) is 0 Å². The fourth-order valence-electron chi connectivity index (χ4n) is 1.85. The summed E-state index contributed by atoms with van der Waals surface area (Å²) < 4.78 is 5.16. The van der Waals surface area contributed by atoms with Crippen LogP contribution in [0.25, 0.3) is 0 Å². The Hall–Kier alpha value is -0.520. The molecule has 1 unspecified atom stereocenters. The molecule has 0 bridgehead atoms. The van der Waals surface area contributed by atoms with Gasteiger partial charge in [0.1, 0.15) is 11.5 Å². The highest BCUT2D eigenvalue weighted by molar-refractivity contribution is 8.06. The van der Waals surface area contributed by atoms with Gasteiger partial charge < -0.3 is 15.2 Å². The molecule has 1 aromatic carbocycles. The van der Waals surface area contributed by atoms with Gasteiger partial charge in [0.15, 0.2) is 0 Å². The summed E-state index contributed by atoms with van der Waals surface area (Å²) in [6.45, 7) is 1.68. The van der Waals surface area contributed by atoms with Gasteiger partial charge >= 0.3 is 0 Å². The molecule has 1 atom stereocenters. The molecule has 1 aliphatic rings. The van der Waals surface area contributed by atoms with Gasteiger partial charge in [-0.1, -0.05) is 0 Å². The smallest absolute Gasteiger partial charge is 0.120 e. The predicted molar refractivity (Wildman–Crippen MR) is 79.9 cm³/mol. The van der Waals surface area contributed by atoms with Crippen LogP contribution in [0, 0.1) is 0 Å². The molecule has 0 radical (unpaired) electrons. The Morgan fingerprint density at radius 1 is 1.44 bits per heavy atom. The van der Waals surface area contributed by atoms with Crippen molar-refractivity contribution in [2.75, 3.05) is 30.9 Å². The summed E-state index contributed by atoms with van der Waals surface area (Å²) in [6.07, 6.45) is 0. The van der Waals surface area contributed by atoms with Crippen LogP contribution in [0.2, 0.25) is 0 Å². The van der Waals surface area contributed by atoms with E-state index in [0.29, 0.717) is 17.5 Å². The average molecular weight is 285 g/mol. The highest BCUT2D eigenvalue weighted by Crippen LogP contribution is 2.24. The van der Waals surface area contributed by atoms with Gasteiger partial charge in [0, 0.05) is 41.2 Å². The van der Waals surface area contributed by atoms with Crippen molar-refractivity contribution in [3.05, 3.63) is 23.8 Å². The van der Waals surface area contributed by atoms with E-state index in [9.17, 15) is 5.11 Å².